The molecular formula is C21H30N3NdO6. The Hall–Kier alpha value is -2.40. The third-order valence-corrected chi connectivity index (χ3v) is 2.87. The third-order valence-electron chi connectivity index (χ3n) is 2.87. The summed E-state index contributed by atoms with van der Waals surface area (Å²) in [7, 11) is 0. The summed E-state index contributed by atoms with van der Waals surface area (Å²) in [6.07, 6.45) is 5.41. The maximum Gasteiger partial charge on any atom is 3.00 e. The minimum absolute atomic E-state index is 0. The summed E-state index contributed by atoms with van der Waals surface area (Å²) in [6, 6.07) is 0. The minimum Gasteiger partial charge on any atom is -0.530 e. The van der Waals surface area contributed by atoms with Gasteiger partial charge in [0.2, 0.25) is 0 Å². The van der Waals surface area contributed by atoms with Crippen molar-refractivity contribution in [3.05, 3.63) is 75.9 Å². The van der Waals surface area contributed by atoms with Gasteiger partial charge in [0.15, 0.2) is 0 Å². The molecule has 0 aromatic heterocycles. The van der Waals surface area contributed by atoms with Crippen LogP contribution in [0.2, 0.25) is 0 Å². The van der Waals surface area contributed by atoms with Gasteiger partial charge in [-0.25, -0.2) is 0 Å². The monoisotopic (exact) mass is 562 g/mol. The molecule has 0 spiro atoms. The Bertz CT molecular complexity index is 485. The predicted octanol–water partition coefficient (Wildman–Crippen LogP) is 0.0111. The van der Waals surface area contributed by atoms with Crippen LogP contribution >= 0.6 is 0 Å². The molecular weight excluding hydrogens is 534 g/mol. The first-order chi connectivity index (χ1) is 14.2. The van der Waals surface area contributed by atoms with Crippen molar-refractivity contribution in [3.8, 4) is 0 Å². The minimum atomic E-state index is -1.19. The molecule has 0 rings (SSSR count). The molecule has 9 nitrogen and oxygen atoms in total. The van der Waals surface area contributed by atoms with Crippen LogP contribution in [-0.4, -0.2) is 72.2 Å². The van der Waals surface area contributed by atoms with E-state index in [0.717, 1.165) is 14.7 Å². The standard InChI is InChI=1S/3C7H11NO2.Nd/c3*1-3-5-8(6-4-2)7(9)10;/h3*3-4H,1-2,5-6H2,(H,9,10);/q;;;+3/p-3. The van der Waals surface area contributed by atoms with Crippen molar-refractivity contribution in [1.29, 1.82) is 0 Å². The molecule has 0 aliphatic carbocycles. The van der Waals surface area contributed by atoms with E-state index in [2.05, 4.69) is 39.5 Å². The molecule has 169 valence electrons. The van der Waals surface area contributed by atoms with E-state index in [0.29, 0.717) is 0 Å². The first-order valence-electron chi connectivity index (χ1n) is 8.69. The smallest absolute Gasteiger partial charge is 0.530 e. The fourth-order valence-corrected chi connectivity index (χ4v) is 1.61. The quantitative estimate of drug-likeness (QED) is 0.307. The summed E-state index contributed by atoms with van der Waals surface area (Å²) < 4.78 is 0. The Morgan fingerprint density at radius 2 is 0.613 bits per heavy atom. The molecule has 0 saturated heterocycles. The zero-order chi connectivity index (χ0) is 23.9. The largest absolute Gasteiger partial charge is 3.00 e. The van der Waals surface area contributed by atoms with Crippen LogP contribution in [0.1, 0.15) is 0 Å². The SMILES string of the molecule is C=CCN(CC=C)C(=O)[O-].C=CCN(CC=C)C(=O)[O-].C=CCN(CC=C)C(=O)[O-].[Nd+3]. The molecule has 0 atom stereocenters. The second-order valence-electron chi connectivity index (χ2n) is 5.24. The van der Waals surface area contributed by atoms with Crippen LogP contribution < -0.4 is 15.3 Å². The van der Waals surface area contributed by atoms with E-state index in [9.17, 15) is 29.7 Å². The molecule has 0 fully saturated rings. The molecule has 0 aromatic carbocycles. The number of hydrogen-bond acceptors (Lipinski definition) is 6. The van der Waals surface area contributed by atoms with Gasteiger partial charge in [0, 0.05) is 39.3 Å². The topological polar surface area (TPSA) is 130 Å². The van der Waals surface area contributed by atoms with E-state index < -0.39 is 18.3 Å². The van der Waals surface area contributed by atoms with E-state index in [-0.39, 0.29) is 80.1 Å². The molecule has 0 bridgehead atoms. The van der Waals surface area contributed by atoms with Crippen LogP contribution in [0.5, 0.6) is 0 Å². The first kappa shape index (κ1) is 36.0. The Kier molecular flexibility index (Phi) is 29.8. The number of amides is 3. The molecule has 0 N–H and O–H groups in total. The summed E-state index contributed by atoms with van der Waals surface area (Å²) in [4.78, 5) is 33.9. The average Bonchev–Trinajstić information content (AvgIpc) is 2.68. The third kappa shape index (κ3) is 23.7. The molecule has 0 aliphatic rings. The molecule has 3 amide bonds. The van der Waals surface area contributed by atoms with Crippen molar-refractivity contribution >= 4 is 18.3 Å². The molecule has 0 aromatic rings. The summed E-state index contributed by atoms with van der Waals surface area (Å²) in [5, 5.41) is 30.6. The van der Waals surface area contributed by atoms with Gasteiger partial charge in [0.1, 0.15) is 18.3 Å². The fraction of sp³-hybridized carbons (Fsp3) is 0.286. The van der Waals surface area contributed by atoms with Crippen LogP contribution in [-0.2, 0) is 0 Å². The maximum atomic E-state index is 10.2. The fourth-order valence-electron chi connectivity index (χ4n) is 1.61. The van der Waals surface area contributed by atoms with Gasteiger partial charge in [-0.2, -0.15) is 0 Å². The van der Waals surface area contributed by atoms with Crippen molar-refractivity contribution < 1.29 is 70.5 Å². The van der Waals surface area contributed by atoms with Crippen LogP contribution in [0.4, 0.5) is 14.4 Å². The second kappa shape index (κ2) is 25.6. The van der Waals surface area contributed by atoms with Crippen LogP contribution in [0.3, 0.4) is 0 Å². The van der Waals surface area contributed by atoms with Crippen molar-refractivity contribution in [1.82, 2.24) is 14.7 Å². The molecule has 1 radical (unpaired) electrons. The number of rotatable bonds is 12. The van der Waals surface area contributed by atoms with Gasteiger partial charge in [-0.15, -0.1) is 39.5 Å². The summed E-state index contributed by atoms with van der Waals surface area (Å²) >= 11 is 0. The zero-order valence-electron chi connectivity index (χ0n) is 17.7. The average molecular weight is 565 g/mol. The number of carboxylic acid groups (broad SMARTS) is 3. The van der Waals surface area contributed by atoms with E-state index in [1.54, 1.807) is 0 Å². The normalized spacial score (nSPS) is 8.13. The van der Waals surface area contributed by atoms with E-state index in [4.69, 9.17) is 0 Å². The van der Waals surface area contributed by atoms with E-state index in [1.165, 1.54) is 36.5 Å². The van der Waals surface area contributed by atoms with Crippen molar-refractivity contribution in [2.24, 2.45) is 0 Å². The summed E-state index contributed by atoms with van der Waals surface area (Å²) in [6.45, 7) is 22.1. The van der Waals surface area contributed by atoms with Gasteiger partial charge in [-0.1, -0.05) is 36.5 Å². The van der Waals surface area contributed by atoms with Gasteiger partial charge >= 0.3 is 40.8 Å². The predicted molar refractivity (Wildman–Crippen MR) is 112 cm³/mol. The van der Waals surface area contributed by atoms with Crippen LogP contribution in [0, 0.1) is 40.8 Å². The van der Waals surface area contributed by atoms with E-state index >= 15 is 0 Å². The molecule has 0 heterocycles. The van der Waals surface area contributed by atoms with Gasteiger partial charge in [-0.05, 0) is 0 Å². The van der Waals surface area contributed by atoms with Gasteiger partial charge in [0.25, 0.3) is 0 Å². The number of hydrogen-bond donors (Lipinski definition) is 0. The Morgan fingerprint density at radius 1 is 0.484 bits per heavy atom. The Morgan fingerprint density at radius 3 is 0.677 bits per heavy atom. The van der Waals surface area contributed by atoms with Gasteiger partial charge in [-0.3, -0.25) is 0 Å². The maximum absolute atomic E-state index is 10.2. The molecule has 0 aliphatic heterocycles. The van der Waals surface area contributed by atoms with Gasteiger partial charge < -0.3 is 44.4 Å². The summed E-state index contributed by atoms with van der Waals surface area (Å²) in [5.74, 6) is 0. The van der Waals surface area contributed by atoms with Crippen LogP contribution in [0.15, 0.2) is 75.9 Å². The summed E-state index contributed by atoms with van der Waals surface area (Å²) in [5.41, 5.74) is 0. The van der Waals surface area contributed by atoms with Crippen molar-refractivity contribution in [3.63, 3.8) is 0 Å². The molecule has 0 saturated carbocycles. The zero-order valence-corrected chi connectivity index (χ0v) is 20.9. The molecule has 31 heavy (non-hydrogen) atoms. The van der Waals surface area contributed by atoms with Gasteiger partial charge in [0.05, 0.1) is 0 Å². The number of carbonyl (C=O) groups is 3. The Labute approximate surface area is 217 Å². The molecule has 10 heteroatoms. The van der Waals surface area contributed by atoms with Crippen LogP contribution in [0.25, 0.3) is 0 Å². The van der Waals surface area contributed by atoms with Crippen molar-refractivity contribution in [2.45, 2.75) is 0 Å². The first-order valence-corrected chi connectivity index (χ1v) is 8.69. The molecule has 0 unspecified atom stereocenters. The number of carbonyl (C=O) groups excluding carboxylic acids is 3. The number of nitrogens with zero attached hydrogens (tertiary/aromatic N) is 3. The second-order valence-corrected chi connectivity index (χ2v) is 5.24. The Balaban J connectivity index is -0.000000174. The van der Waals surface area contributed by atoms with E-state index in [1.807, 2.05) is 0 Å². The van der Waals surface area contributed by atoms with Crippen molar-refractivity contribution in [2.75, 3.05) is 39.3 Å².